The van der Waals surface area contributed by atoms with Gasteiger partial charge in [-0.1, -0.05) is 6.92 Å². The third kappa shape index (κ3) is 4.78. The molecule has 0 amide bonds. The summed E-state index contributed by atoms with van der Waals surface area (Å²) in [6.45, 7) is 7.78. The van der Waals surface area contributed by atoms with E-state index in [-0.39, 0.29) is 12.0 Å². The standard InChI is InChI=1S/C12H22N6O2/c1-2-7-20-12-16-10(13)15-11(17-12)14-3-4-18-5-8-19-9-6-18/h2-9H2,1H3,(H3,13,14,15,16,17). The molecule has 0 atom stereocenters. The van der Waals surface area contributed by atoms with Gasteiger partial charge in [0.1, 0.15) is 0 Å². The first kappa shape index (κ1) is 14.7. The average molecular weight is 282 g/mol. The van der Waals surface area contributed by atoms with E-state index in [9.17, 15) is 0 Å². The molecule has 0 unspecified atom stereocenters. The van der Waals surface area contributed by atoms with Crippen LogP contribution in [0.2, 0.25) is 0 Å². The zero-order valence-electron chi connectivity index (χ0n) is 11.8. The quantitative estimate of drug-likeness (QED) is 0.720. The Labute approximate surface area is 118 Å². The lowest BCUT2D eigenvalue weighted by Gasteiger charge is -2.26. The molecule has 0 aliphatic carbocycles. The van der Waals surface area contributed by atoms with Gasteiger partial charge in [0.2, 0.25) is 11.9 Å². The van der Waals surface area contributed by atoms with E-state index >= 15 is 0 Å². The Bertz CT molecular complexity index is 411. The largest absolute Gasteiger partial charge is 0.463 e. The molecule has 1 aromatic heterocycles. The monoisotopic (exact) mass is 282 g/mol. The van der Waals surface area contributed by atoms with Gasteiger partial charge in [0.15, 0.2) is 0 Å². The molecule has 1 aliphatic heterocycles. The molecule has 0 saturated carbocycles. The first-order valence-electron chi connectivity index (χ1n) is 6.96. The Balaban J connectivity index is 1.80. The van der Waals surface area contributed by atoms with Gasteiger partial charge in [-0.05, 0) is 6.42 Å². The van der Waals surface area contributed by atoms with Crippen LogP contribution in [-0.2, 0) is 4.74 Å². The minimum Gasteiger partial charge on any atom is -0.463 e. The minimum atomic E-state index is 0.167. The molecule has 0 spiro atoms. The molecule has 1 fully saturated rings. The Morgan fingerprint density at radius 2 is 2.10 bits per heavy atom. The summed E-state index contributed by atoms with van der Waals surface area (Å²) in [5.41, 5.74) is 5.64. The minimum absolute atomic E-state index is 0.167. The molecule has 20 heavy (non-hydrogen) atoms. The highest BCUT2D eigenvalue weighted by atomic mass is 16.5. The third-order valence-corrected chi connectivity index (χ3v) is 2.88. The van der Waals surface area contributed by atoms with Crippen LogP contribution in [-0.4, -0.2) is 65.9 Å². The summed E-state index contributed by atoms with van der Waals surface area (Å²) in [6.07, 6.45) is 0.894. The molecule has 1 saturated heterocycles. The first-order valence-corrected chi connectivity index (χ1v) is 6.96. The molecule has 8 heteroatoms. The van der Waals surface area contributed by atoms with E-state index < -0.39 is 0 Å². The average Bonchev–Trinajstić information content (AvgIpc) is 2.46. The predicted molar refractivity (Wildman–Crippen MR) is 75.8 cm³/mol. The van der Waals surface area contributed by atoms with E-state index in [1.807, 2.05) is 6.92 Å². The molecule has 8 nitrogen and oxygen atoms in total. The van der Waals surface area contributed by atoms with Gasteiger partial charge in [0, 0.05) is 26.2 Å². The molecule has 1 aliphatic rings. The van der Waals surface area contributed by atoms with Gasteiger partial charge in [-0.3, -0.25) is 4.90 Å². The number of aromatic nitrogens is 3. The van der Waals surface area contributed by atoms with Crippen molar-refractivity contribution in [3.05, 3.63) is 0 Å². The number of hydrogen-bond acceptors (Lipinski definition) is 8. The molecule has 0 radical (unpaired) electrons. The summed E-state index contributed by atoms with van der Waals surface area (Å²) in [7, 11) is 0. The second-order valence-electron chi connectivity index (χ2n) is 4.53. The zero-order valence-corrected chi connectivity index (χ0v) is 11.8. The van der Waals surface area contributed by atoms with Crippen molar-refractivity contribution in [3.63, 3.8) is 0 Å². The number of anilines is 2. The fraction of sp³-hybridized carbons (Fsp3) is 0.750. The van der Waals surface area contributed by atoms with Gasteiger partial charge in [-0.2, -0.15) is 15.0 Å². The topological polar surface area (TPSA) is 98.4 Å². The van der Waals surface area contributed by atoms with E-state index in [4.69, 9.17) is 15.2 Å². The van der Waals surface area contributed by atoms with Crippen molar-refractivity contribution in [2.45, 2.75) is 13.3 Å². The van der Waals surface area contributed by atoms with Gasteiger partial charge in [0.25, 0.3) is 0 Å². The number of ether oxygens (including phenoxy) is 2. The molecular formula is C12H22N6O2. The van der Waals surface area contributed by atoms with Gasteiger partial charge >= 0.3 is 6.01 Å². The molecule has 2 rings (SSSR count). The van der Waals surface area contributed by atoms with Crippen LogP contribution >= 0.6 is 0 Å². The van der Waals surface area contributed by atoms with Gasteiger partial charge in [0.05, 0.1) is 19.8 Å². The summed E-state index contributed by atoms with van der Waals surface area (Å²) in [4.78, 5) is 14.5. The summed E-state index contributed by atoms with van der Waals surface area (Å²) in [5.74, 6) is 0.622. The van der Waals surface area contributed by atoms with Crippen LogP contribution in [0.15, 0.2) is 0 Å². The van der Waals surface area contributed by atoms with Crippen molar-refractivity contribution >= 4 is 11.9 Å². The number of hydrogen-bond donors (Lipinski definition) is 2. The Morgan fingerprint density at radius 3 is 2.85 bits per heavy atom. The van der Waals surface area contributed by atoms with E-state index in [2.05, 4.69) is 25.2 Å². The van der Waals surface area contributed by atoms with Crippen molar-refractivity contribution in [1.82, 2.24) is 19.9 Å². The molecule has 0 bridgehead atoms. The highest BCUT2D eigenvalue weighted by molar-refractivity contribution is 5.32. The van der Waals surface area contributed by atoms with Gasteiger partial charge in [-0.15, -0.1) is 0 Å². The molecule has 2 heterocycles. The molecule has 1 aromatic rings. The fourth-order valence-electron chi connectivity index (χ4n) is 1.86. The van der Waals surface area contributed by atoms with Crippen LogP contribution in [0.3, 0.4) is 0 Å². The summed E-state index contributed by atoms with van der Waals surface area (Å²) < 4.78 is 10.7. The predicted octanol–water partition coefficient (Wildman–Crippen LogP) is -0.0133. The molecule has 3 N–H and O–H groups in total. The van der Waals surface area contributed by atoms with Crippen LogP contribution in [0.25, 0.3) is 0 Å². The van der Waals surface area contributed by atoms with Crippen LogP contribution in [0.5, 0.6) is 6.01 Å². The van der Waals surface area contributed by atoms with E-state index in [0.717, 1.165) is 45.8 Å². The number of rotatable bonds is 7. The number of nitrogens with zero attached hydrogens (tertiary/aromatic N) is 4. The highest BCUT2D eigenvalue weighted by Gasteiger charge is 2.10. The summed E-state index contributed by atoms with van der Waals surface area (Å²) >= 11 is 0. The van der Waals surface area contributed by atoms with Crippen LogP contribution in [0.1, 0.15) is 13.3 Å². The lowest BCUT2D eigenvalue weighted by atomic mass is 10.4. The SMILES string of the molecule is CCCOc1nc(N)nc(NCCN2CCOCC2)n1. The smallest absolute Gasteiger partial charge is 0.323 e. The number of morpholine rings is 1. The maximum absolute atomic E-state index is 5.64. The van der Waals surface area contributed by atoms with E-state index in [1.165, 1.54) is 0 Å². The van der Waals surface area contributed by atoms with Crippen molar-refractivity contribution in [3.8, 4) is 6.01 Å². The maximum atomic E-state index is 5.64. The molecular weight excluding hydrogens is 260 g/mol. The maximum Gasteiger partial charge on any atom is 0.323 e. The fourth-order valence-corrected chi connectivity index (χ4v) is 1.86. The highest BCUT2D eigenvalue weighted by Crippen LogP contribution is 2.09. The summed E-state index contributed by atoms with van der Waals surface area (Å²) in [6, 6.07) is 0.272. The van der Waals surface area contributed by atoms with Gasteiger partial charge in [-0.25, -0.2) is 0 Å². The number of nitrogen functional groups attached to an aromatic ring is 1. The lowest BCUT2D eigenvalue weighted by molar-refractivity contribution is 0.0398. The number of nitrogens with one attached hydrogen (secondary N) is 1. The van der Waals surface area contributed by atoms with Crippen LogP contribution in [0, 0.1) is 0 Å². The van der Waals surface area contributed by atoms with Crippen LogP contribution in [0.4, 0.5) is 11.9 Å². The van der Waals surface area contributed by atoms with E-state index in [0.29, 0.717) is 12.6 Å². The first-order chi connectivity index (χ1) is 9.78. The lowest BCUT2D eigenvalue weighted by Crippen LogP contribution is -2.39. The Kier molecular flexibility index (Phi) is 5.75. The van der Waals surface area contributed by atoms with Crippen molar-refractivity contribution in [2.24, 2.45) is 0 Å². The Hall–Kier alpha value is -1.67. The third-order valence-electron chi connectivity index (χ3n) is 2.88. The van der Waals surface area contributed by atoms with Crippen molar-refractivity contribution in [1.29, 1.82) is 0 Å². The van der Waals surface area contributed by atoms with Crippen molar-refractivity contribution in [2.75, 3.05) is 57.1 Å². The van der Waals surface area contributed by atoms with Gasteiger partial charge < -0.3 is 20.5 Å². The van der Waals surface area contributed by atoms with E-state index in [1.54, 1.807) is 0 Å². The second kappa shape index (κ2) is 7.81. The summed E-state index contributed by atoms with van der Waals surface area (Å²) in [5, 5.41) is 3.14. The van der Waals surface area contributed by atoms with Crippen molar-refractivity contribution < 1.29 is 9.47 Å². The van der Waals surface area contributed by atoms with Crippen LogP contribution < -0.4 is 15.8 Å². The number of nitrogens with two attached hydrogens (primary N) is 1. The Morgan fingerprint density at radius 1 is 1.30 bits per heavy atom. The normalized spacial score (nSPS) is 16.1. The molecule has 0 aromatic carbocycles. The zero-order chi connectivity index (χ0) is 14.2. The molecule has 112 valence electrons. The second-order valence-corrected chi connectivity index (χ2v) is 4.53.